The first kappa shape index (κ1) is 11.8. The summed E-state index contributed by atoms with van der Waals surface area (Å²) >= 11 is 6.69. The van der Waals surface area contributed by atoms with Crippen LogP contribution in [0.5, 0.6) is 0 Å². The second kappa shape index (κ2) is 5.61. The van der Waals surface area contributed by atoms with Gasteiger partial charge in [-0.25, -0.2) is 0 Å². The summed E-state index contributed by atoms with van der Waals surface area (Å²) < 4.78 is 1.06. The van der Waals surface area contributed by atoms with Crippen LogP contribution in [0.25, 0.3) is 0 Å². The molecule has 0 unspecified atom stereocenters. The molecule has 2 aromatic heterocycles. The molecule has 0 saturated heterocycles. The highest BCUT2D eigenvalue weighted by atomic mass is 79.9. The molecule has 1 N–H and O–H groups in total. The zero-order valence-electron chi connectivity index (χ0n) is 8.40. The van der Waals surface area contributed by atoms with Gasteiger partial charge in [-0.3, -0.25) is 4.79 Å². The molecule has 0 aliphatic carbocycles. The van der Waals surface area contributed by atoms with Crippen LogP contribution < -0.4 is 5.32 Å². The summed E-state index contributed by atoms with van der Waals surface area (Å²) in [5.41, 5.74) is 0. The molecule has 1 amide bonds. The molecule has 0 spiro atoms. The zero-order valence-corrected chi connectivity index (χ0v) is 11.6. The average molecular weight is 316 g/mol. The Hall–Kier alpha value is -0.650. The van der Waals surface area contributed by atoms with Crippen LogP contribution in [0.15, 0.2) is 33.4 Å². The Morgan fingerprint density at radius 1 is 1.31 bits per heavy atom. The summed E-state index contributed by atoms with van der Waals surface area (Å²) in [6.45, 7) is 0.600. The average Bonchev–Trinajstić information content (AvgIpc) is 2.87. The van der Waals surface area contributed by atoms with Crippen LogP contribution in [0.4, 0.5) is 0 Å². The molecule has 0 fully saturated rings. The first-order valence-corrected chi connectivity index (χ1v) is 7.32. The summed E-state index contributed by atoms with van der Waals surface area (Å²) in [6, 6.07) is 5.93. The zero-order chi connectivity index (χ0) is 11.4. The molecule has 0 atom stereocenters. The molecule has 2 aromatic rings. The van der Waals surface area contributed by atoms with Crippen molar-refractivity contribution in [1.29, 1.82) is 0 Å². The van der Waals surface area contributed by atoms with Crippen molar-refractivity contribution in [3.63, 3.8) is 0 Å². The number of carbonyl (C=O) groups excluding carboxylic acids is 1. The van der Waals surface area contributed by atoms with Gasteiger partial charge in [-0.15, -0.1) is 22.7 Å². The van der Waals surface area contributed by atoms with E-state index < -0.39 is 0 Å². The smallest absolute Gasteiger partial charge is 0.225 e. The van der Waals surface area contributed by atoms with Gasteiger partial charge in [0, 0.05) is 14.2 Å². The summed E-state index contributed by atoms with van der Waals surface area (Å²) in [5, 5.41) is 6.90. The Kier molecular flexibility index (Phi) is 4.15. The summed E-state index contributed by atoms with van der Waals surface area (Å²) in [5.74, 6) is 0.0720. The number of hydrogen-bond acceptors (Lipinski definition) is 3. The van der Waals surface area contributed by atoms with E-state index in [4.69, 9.17) is 0 Å². The topological polar surface area (TPSA) is 29.1 Å². The lowest BCUT2D eigenvalue weighted by Crippen LogP contribution is -2.23. The monoisotopic (exact) mass is 315 g/mol. The van der Waals surface area contributed by atoms with Crippen LogP contribution in [0.1, 0.15) is 9.75 Å². The number of hydrogen-bond donors (Lipinski definition) is 1. The first-order valence-electron chi connectivity index (χ1n) is 4.76. The lowest BCUT2D eigenvalue weighted by molar-refractivity contribution is -0.120. The van der Waals surface area contributed by atoms with Crippen LogP contribution in [-0.4, -0.2) is 5.91 Å². The number of rotatable bonds is 4. The lowest BCUT2D eigenvalue weighted by Gasteiger charge is -2.02. The minimum absolute atomic E-state index is 0.0720. The predicted octanol–water partition coefficient (Wildman–Crippen LogP) is 3.43. The molecule has 2 heterocycles. The second-order valence-corrected chi connectivity index (χ2v) is 6.11. The molecule has 0 radical (unpaired) electrons. The van der Waals surface area contributed by atoms with E-state index in [1.807, 2.05) is 29.0 Å². The van der Waals surface area contributed by atoms with Gasteiger partial charge in [0.05, 0.1) is 13.0 Å². The number of halogens is 1. The van der Waals surface area contributed by atoms with E-state index >= 15 is 0 Å². The molecule has 0 aliphatic heterocycles. The Labute approximate surface area is 110 Å². The van der Waals surface area contributed by atoms with Gasteiger partial charge < -0.3 is 5.32 Å². The van der Waals surface area contributed by atoms with Gasteiger partial charge in [0.2, 0.25) is 5.91 Å². The van der Waals surface area contributed by atoms with Crippen molar-refractivity contribution < 1.29 is 4.79 Å². The Bertz CT molecular complexity index is 464. The minimum atomic E-state index is 0.0720. The van der Waals surface area contributed by atoms with Crippen molar-refractivity contribution in [3.05, 3.63) is 43.2 Å². The van der Waals surface area contributed by atoms with E-state index in [-0.39, 0.29) is 5.91 Å². The third kappa shape index (κ3) is 3.17. The second-order valence-electron chi connectivity index (χ2n) is 3.22. The maximum atomic E-state index is 11.6. The minimum Gasteiger partial charge on any atom is -0.351 e. The largest absolute Gasteiger partial charge is 0.351 e. The lowest BCUT2D eigenvalue weighted by atomic mass is 10.3. The van der Waals surface area contributed by atoms with E-state index in [9.17, 15) is 4.79 Å². The third-order valence-corrected chi connectivity index (χ3v) is 4.85. The van der Waals surface area contributed by atoms with Crippen molar-refractivity contribution in [2.75, 3.05) is 0 Å². The molecule has 2 nitrogen and oxygen atoms in total. The first-order chi connectivity index (χ1) is 7.75. The quantitative estimate of drug-likeness (QED) is 0.920. The van der Waals surface area contributed by atoms with Gasteiger partial charge >= 0.3 is 0 Å². The molecular formula is C11H10BrNOS2. The number of nitrogens with one attached hydrogen (secondary N) is 1. The molecule has 84 valence electrons. The van der Waals surface area contributed by atoms with E-state index in [0.29, 0.717) is 13.0 Å². The van der Waals surface area contributed by atoms with Crippen molar-refractivity contribution in [2.45, 2.75) is 13.0 Å². The molecule has 0 aromatic carbocycles. The molecule has 16 heavy (non-hydrogen) atoms. The fourth-order valence-corrected chi connectivity index (χ4v) is 3.40. The number of carbonyl (C=O) groups is 1. The highest BCUT2D eigenvalue weighted by Gasteiger charge is 2.06. The SMILES string of the molecule is O=C(Cc1cccs1)NCc1sccc1Br. The van der Waals surface area contributed by atoms with Gasteiger partial charge in [-0.1, -0.05) is 6.07 Å². The molecule has 0 aliphatic rings. The van der Waals surface area contributed by atoms with Gasteiger partial charge in [-0.05, 0) is 38.8 Å². The molecule has 0 bridgehead atoms. The normalized spacial score (nSPS) is 10.3. The van der Waals surface area contributed by atoms with Crippen LogP contribution >= 0.6 is 38.6 Å². The van der Waals surface area contributed by atoms with Crippen LogP contribution in [0.3, 0.4) is 0 Å². The van der Waals surface area contributed by atoms with Crippen molar-refractivity contribution in [1.82, 2.24) is 5.32 Å². The fourth-order valence-electron chi connectivity index (χ4n) is 1.26. The molecule has 0 saturated carbocycles. The van der Waals surface area contributed by atoms with Crippen LogP contribution in [-0.2, 0) is 17.8 Å². The highest BCUT2D eigenvalue weighted by Crippen LogP contribution is 2.22. The molecule has 5 heteroatoms. The molecular weight excluding hydrogens is 306 g/mol. The fraction of sp³-hybridized carbons (Fsp3) is 0.182. The van der Waals surface area contributed by atoms with Crippen LogP contribution in [0.2, 0.25) is 0 Å². The van der Waals surface area contributed by atoms with Crippen molar-refractivity contribution >= 4 is 44.5 Å². The van der Waals surface area contributed by atoms with E-state index in [1.54, 1.807) is 22.7 Å². The maximum absolute atomic E-state index is 11.6. The van der Waals surface area contributed by atoms with E-state index in [2.05, 4.69) is 21.2 Å². The van der Waals surface area contributed by atoms with Gasteiger partial charge in [0.1, 0.15) is 0 Å². The Morgan fingerprint density at radius 2 is 2.19 bits per heavy atom. The van der Waals surface area contributed by atoms with E-state index in [1.165, 1.54) is 0 Å². The molecule has 2 rings (SSSR count). The van der Waals surface area contributed by atoms with E-state index in [0.717, 1.165) is 14.2 Å². The Morgan fingerprint density at radius 3 is 2.81 bits per heavy atom. The number of amides is 1. The summed E-state index contributed by atoms with van der Waals surface area (Å²) in [7, 11) is 0. The third-order valence-electron chi connectivity index (χ3n) is 2.05. The highest BCUT2D eigenvalue weighted by molar-refractivity contribution is 9.10. The maximum Gasteiger partial charge on any atom is 0.225 e. The number of thiophene rings is 2. The van der Waals surface area contributed by atoms with Crippen molar-refractivity contribution in [3.8, 4) is 0 Å². The van der Waals surface area contributed by atoms with Crippen molar-refractivity contribution in [2.24, 2.45) is 0 Å². The standard InChI is InChI=1S/C11H10BrNOS2/c12-9-3-5-16-10(9)7-13-11(14)6-8-2-1-4-15-8/h1-5H,6-7H2,(H,13,14). The van der Waals surface area contributed by atoms with Gasteiger partial charge in [0.15, 0.2) is 0 Å². The van der Waals surface area contributed by atoms with Gasteiger partial charge in [-0.2, -0.15) is 0 Å². The van der Waals surface area contributed by atoms with Crippen LogP contribution in [0, 0.1) is 0 Å². The Balaban J connectivity index is 1.82. The predicted molar refractivity (Wildman–Crippen MR) is 71.9 cm³/mol. The summed E-state index contributed by atoms with van der Waals surface area (Å²) in [4.78, 5) is 13.9. The summed E-state index contributed by atoms with van der Waals surface area (Å²) in [6.07, 6.45) is 0.473. The van der Waals surface area contributed by atoms with Gasteiger partial charge in [0.25, 0.3) is 0 Å².